The van der Waals surface area contributed by atoms with Crippen LogP contribution in [-0.2, 0) is 10.0 Å². The number of benzene rings is 1. The predicted molar refractivity (Wildman–Crippen MR) is 84.9 cm³/mol. The summed E-state index contributed by atoms with van der Waals surface area (Å²) in [5.74, 6) is 0.731. The van der Waals surface area contributed by atoms with Crippen LogP contribution in [0.2, 0.25) is 0 Å². The standard InChI is InChI=1S/C13H18N2O5S2/c1-10-5-6-14(7-8-21-10)22(18,19)13-4-3-11(15(16)17)9-12(13)20-2/h3-4,9-10H,5-8H2,1-2H3/t10-/m0/s1. The maximum absolute atomic E-state index is 12.8. The first-order chi connectivity index (χ1) is 10.4. The summed E-state index contributed by atoms with van der Waals surface area (Å²) in [5, 5.41) is 11.2. The quantitative estimate of drug-likeness (QED) is 0.613. The van der Waals surface area contributed by atoms with Crippen molar-refractivity contribution in [2.75, 3.05) is 26.0 Å². The van der Waals surface area contributed by atoms with Crippen LogP contribution >= 0.6 is 11.8 Å². The summed E-state index contributed by atoms with van der Waals surface area (Å²) in [4.78, 5) is 10.2. The molecule has 22 heavy (non-hydrogen) atoms. The summed E-state index contributed by atoms with van der Waals surface area (Å²) in [6.45, 7) is 2.95. The molecule has 9 heteroatoms. The third kappa shape index (κ3) is 3.53. The Kier molecular flexibility index (Phi) is 5.30. The molecule has 2 rings (SSSR count). The highest BCUT2D eigenvalue weighted by molar-refractivity contribution is 8.00. The van der Waals surface area contributed by atoms with E-state index in [2.05, 4.69) is 6.92 Å². The van der Waals surface area contributed by atoms with Crippen LogP contribution in [0.4, 0.5) is 5.69 Å². The normalized spacial score (nSPS) is 20.4. The molecule has 1 aliphatic heterocycles. The minimum atomic E-state index is -3.72. The lowest BCUT2D eigenvalue weighted by Gasteiger charge is -2.21. The third-order valence-electron chi connectivity index (χ3n) is 3.50. The zero-order chi connectivity index (χ0) is 16.3. The van der Waals surface area contributed by atoms with Crippen molar-refractivity contribution in [3.05, 3.63) is 28.3 Å². The van der Waals surface area contributed by atoms with Gasteiger partial charge in [0.25, 0.3) is 5.69 Å². The number of hydrogen-bond acceptors (Lipinski definition) is 6. The molecule has 122 valence electrons. The summed E-state index contributed by atoms with van der Waals surface area (Å²) < 4.78 is 32.0. The van der Waals surface area contributed by atoms with Crippen LogP contribution in [0.15, 0.2) is 23.1 Å². The fourth-order valence-corrected chi connectivity index (χ4v) is 4.95. The zero-order valence-corrected chi connectivity index (χ0v) is 14.0. The van der Waals surface area contributed by atoms with E-state index in [0.29, 0.717) is 18.3 Å². The van der Waals surface area contributed by atoms with Crippen LogP contribution in [-0.4, -0.2) is 48.8 Å². The van der Waals surface area contributed by atoms with Gasteiger partial charge in [0.2, 0.25) is 10.0 Å². The SMILES string of the molecule is COc1cc([N+](=O)[O-])ccc1S(=O)(=O)N1CCS[C@@H](C)CC1. The van der Waals surface area contributed by atoms with Gasteiger partial charge in [-0.05, 0) is 12.5 Å². The van der Waals surface area contributed by atoms with Crippen LogP contribution < -0.4 is 4.74 Å². The van der Waals surface area contributed by atoms with Crippen molar-refractivity contribution in [3.8, 4) is 5.75 Å². The Hall–Kier alpha value is -1.32. The number of rotatable bonds is 4. The monoisotopic (exact) mass is 346 g/mol. The average molecular weight is 346 g/mol. The van der Waals surface area contributed by atoms with Gasteiger partial charge < -0.3 is 4.74 Å². The summed E-state index contributed by atoms with van der Waals surface area (Å²) >= 11 is 1.74. The van der Waals surface area contributed by atoms with Gasteiger partial charge >= 0.3 is 0 Å². The van der Waals surface area contributed by atoms with Gasteiger partial charge in [0.05, 0.1) is 18.1 Å². The Morgan fingerprint density at radius 1 is 1.41 bits per heavy atom. The highest BCUT2D eigenvalue weighted by Gasteiger charge is 2.30. The van der Waals surface area contributed by atoms with Gasteiger partial charge in [-0.1, -0.05) is 6.92 Å². The van der Waals surface area contributed by atoms with Crippen molar-refractivity contribution < 1.29 is 18.1 Å². The number of nitro groups is 1. The number of nitrogens with zero attached hydrogens (tertiary/aromatic N) is 2. The molecule has 0 saturated carbocycles. The highest BCUT2D eigenvalue weighted by Crippen LogP contribution is 2.32. The molecule has 1 aromatic carbocycles. The minimum absolute atomic E-state index is 0.000788. The summed E-state index contributed by atoms with van der Waals surface area (Å²) in [7, 11) is -2.42. The molecule has 1 fully saturated rings. The molecule has 1 saturated heterocycles. The Morgan fingerprint density at radius 2 is 2.14 bits per heavy atom. The first-order valence-corrected chi connectivity index (χ1v) is 9.29. The number of non-ortho nitro benzene ring substituents is 1. The van der Waals surface area contributed by atoms with E-state index in [1.807, 2.05) is 0 Å². The Morgan fingerprint density at radius 3 is 2.77 bits per heavy atom. The molecule has 0 aliphatic carbocycles. The smallest absolute Gasteiger partial charge is 0.273 e. The van der Waals surface area contributed by atoms with E-state index in [0.717, 1.165) is 18.2 Å². The van der Waals surface area contributed by atoms with Gasteiger partial charge in [-0.3, -0.25) is 10.1 Å². The van der Waals surface area contributed by atoms with E-state index in [9.17, 15) is 18.5 Å². The molecule has 0 unspecified atom stereocenters. The first-order valence-electron chi connectivity index (χ1n) is 6.80. The fraction of sp³-hybridized carbons (Fsp3) is 0.538. The second kappa shape index (κ2) is 6.84. The van der Waals surface area contributed by atoms with Crippen LogP contribution in [0.1, 0.15) is 13.3 Å². The molecular weight excluding hydrogens is 328 g/mol. The number of nitro benzene ring substituents is 1. The molecule has 1 heterocycles. The van der Waals surface area contributed by atoms with E-state index in [-0.39, 0.29) is 16.3 Å². The lowest BCUT2D eigenvalue weighted by molar-refractivity contribution is -0.385. The summed E-state index contributed by atoms with van der Waals surface area (Å²) in [5.41, 5.74) is -0.198. The van der Waals surface area contributed by atoms with Crippen LogP contribution in [0, 0.1) is 10.1 Å². The van der Waals surface area contributed by atoms with Gasteiger partial charge in [0.15, 0.2) is 0 Å². The Labute approximate surface area is 133 Å². The number of methoxy groups -OCH3 is 1. The Balaban J connectivity index is 2.38. The molecule has 0 bridgehead atoms. The number of hydrogen-bond donors (Lipinski definition) is 0. The van der Waals surface area contributed by atoms with Gasteiger partial charge in [-0.2, -0.15) is 16.1 Å². The van der Waals surface area contributed by atoms with E-state index >= 15 is 0 Å². The average Bonchev–Trinajstić information content (AvgIpc) is 2.71. The van der Waals surface area contributed by atoms with E-state index in [1.165, 1.54) is 23.5 Å². The molecule has 0 N–H and O–H groups in total. The summed E-state index contributed by atoms with van der Waals surface area (Å²) in [6, 6.07) is 3.57. The van der Waals surface area contributed by atoms with Crippen LogP contribution in [0.3, 0.4) is 0 Å². The van der Waals surface area contributed by atoms with E-state index < -0.39 is 14.9 Å². The largest absolute Gasteiger partial charge is 0.495 e. The van der Waals surface area contributed by atoms with E-state index in [1.54, 1.807) is 11.8 Å². The van der Waals surface area contributed by atoms with Crippen molar-refractivity contribution in [1.29, 1.82) is 0 Å². The number of sulfonamides is 1. The summed E-state index contributed by atoms with van der Waals surface area (Å²) in [6.07, 6.45) is 0.777. The maximum Gasteiger partial charge on any atom is 0.273 e. The van der Waals surface area contributed by atoms with Gasteiger partial charge in [0.1, 0.15) is 10.6 Å². The molecule has 0 spiro atoms. The van der Waals surface area contributed by atoms with Crippen molar-refractivity contribution in [1.82, 2.24) is 4.31 Å². The first kappa shape index (κ1) is 17.0. The second-order valence-electron chi connectivity index (χ2n) is 4.97. The molecule has 0 aromatic heterocycles. The van der Waals surface area contributed by atoms with Gasteiger partial charge in [-0.15, -0.1) is 0 Å². The molecule has 1 aliphatic rings. The van der Waals surface area contributed by atoms with Crippen LogP contribution in [0.25, 0.3) is 0 Å². The van der Waals surface area contributed by atoms with Gasteiger partial charge in [-0.25, -0.2) is 8.42 Å². The predicted octanol–water partition coefficient (Wildman–Crippen LogP) is 2.12. The second-order valence-corrected chi connectivity index (χ2v) is 8.42. The highest BCUT2D eigenvalue weighted by atomic mass is 32.2. The molecule has 7 nitrogen and oxygen atoms in total. The van der Waals surface area contributed by atoms with Crippen LogP contribution in [0.5, 0.6) is 5.75 Å². The molecule has 1 aromatic rings. The lowest BCUT2D eigenvalue weighted by Crippen LogP contribution is -2.33. The topological polar surface area (TPSA) is 89.7 Å². The Bertz CT molecular complexity index is 662. The van der Waals surface area contributed by atoms with Crippen molar-refractivity contribution in [2.45, 2.75) is 23.5 Å². The van der Waals surface area contributed by atoms with E-state index in [4.69, 9.17) is 4.74 Å². The van der Waals surface area contributed by atoms with Crippen molar-refractivity contribution in [3.63, 3.8) is 0 Å². The number of ether oxygens (including phenoxy) is 1. The molecule has 1 atom stereocenters. The van der Waals surface area contributed by atoms with Crippen molar-refractivity contribution in [2.24, 2.45) is 0 Å². The fourth-order valence-electron chi connectivity index (χ4n) is 2.24. The number of thioether (sulfide) groups is 1. The maximum atomic E-state index is 12.8. The molecular formula is C13H18N2O5S2. The third-order valence-corrected chi connectivity index (χ3v) is 6.67. The molecule has 0 radical (unpaired) electrons. The lowest BCUT2D eigenvalue weighted by atomic mass is 10.3. The van der Waals surface area contributed by atoms with Crippen molar-refractivity contribution >= 4 is 27.5 Å². The zero-order valence-electron chi connectivity index (χ0n) is 12.4. The molecule has 0 amide bonds. The minimum Gasteiger partial charge on any atom is -0.495 e. The van der Waals surface area contributed by atoms with Gasteiger partial charge in [0, 0.05) is 30.2 Å².